The Morgan fingerprint density at radius 1 is 1.33 bits per heavy atom. The lowest BCUT2D eigenvalue weighted by atomic mass is 10.0. The van der Waals surface area contributed by atoms with Crippen LogP contribution in [-0.4, -0.2) is 48.2 Å². The molecule has 3 nitrogen and oxygen atoms in total. The summed E-state index contributed by atoms with van der Waals surface area (Å²) in [5, 5.41) is 17.9. The van der Waals surface area contributed by atoms with Crippen molar-refractivity contribution in [3.63, 3.8) is 0 Å². The van der Waals surface area contributed by atoms with Gasteiger partial charge in [-0.25, -0.2) is 0 Å². The molecule has 0 spiro atoms. The Hall–Kier alpha value is -0.330. The zero-order chi connectivity index (χ0) is 11.5. The fourth-order valence-electron chi connectivity index (χ4n) is 2.00. The number of quaternary nitrogens is 1. The van der Waals surface area contributed by atoms with Gasteiger partial charge in [0.25, 0.3) is 0 Å². The molecule has 0 saturated carbocycles. The normalized spacial score (nSPS) is 30.2. The van der Waals surface area contributed by atoms with Crippen LogP contribution in [0, 0.1) is 0 Å². The minimum atomic E-state index is -4.55. The van der Waals surface area contributed by atoms with E-state index in [1.807, 2.05) is 0 Å². The summed E-state index contributed by atoms with van der Waals surface area (Å²) in [5.74, 6) is 0. The van der Waals surface area contributed by atoms with Gasteiger partial charge < -0.3 is 15.1 Å². The number of hydrogen-bond donors (Lipinski definition) is 3. The minimum absolute atomic E-state index is 0.111. The molecule has 0 amide bonds. The van der Waals surface area contributed by atoms with Crippen LogP contribution in [0.5, 0.6) is 0 Å². The molecule has 0 aromatic rings. The average molecular weight is 228 g/mol. The van der Waals surface area contributed by atoms with Crippen molar-refractivity contribution in [2.24, 2.45) is 0 Å². The summed E-state index contributed by atoms with van der Waals surface area (Å²) in [7, 11) is 0. The molecule has 0 aliphatic carbocycles. The molecule has 6 heteroatoms. The topological polar surface area (TPSA) is 44.9 Å². The number of halogens is 3. The second-order valence-corrected chi connectivity index (χ2v) is 4.05. The monoisotopic (exact) mass is 228 g/mol. The summed E-state index contributed by atoms with van der Waals surface area (Å²) in [4.78, 5) is 0.661. The summed E-state index contributed by atoms with van der Waals surface area (Å²) in [6.07, 6.45) is -4.30. The molecule has 90 valence electrons. The van der Waals surface area contributed by atoms with Gasteiger partial charge in [0.2, 0.25) is 0 Å². The lowest BCUT2D eigenvalue weighted by molar-refractivity contribution is -0.935. The Morgan fingerprint density at radius 2 is 2.00 bits per heavy atom. The minimum Gasteiger partial charge on any atom is -0.390 e. The number of likely N-dealkylation sites (tertiary alicyclic amines) is 1. The summed E-state index contributed by atoms with van der Waals surface area (Å²) in [6, 6.07) is -0.157. The van der Waals surface area contributed by atoms with Crippen molar-refractivity contribution in [2.75, 3.05) is 19.7 Å². The van der Waals surface area contributed by atoms with E-state index in [4.69, 9.17) is 10.2 Å². The van der Waals surface area contributed by atoms with Crippen molar-refractivity contribution in [1.82, 2.24) is 0 Å². The summed E-state index contributed by atoms with van der Waals surface area (Å²) in [5.41, 5.74) is 0. The molecule has 0 bridgehead atoms. The first-order valence-electron chi connectivity index (χ1n) is 5.15. The summed E-state index contributed by atoms with van der Waals surface area (Å²) < 4.78 is 36.3. The molecular formula is C9H17F3NO2+. The number of hydrogen-bond acceptors (Lipinski definition) is 2. The van der Waals surface area contributed by atoms with Gasteiger partial charge in [-0.3, -0.25) is 0 Å². The molecule has 1 unspecified atom stereocenters. The van der Waals surface area contributed by atoms with Crippen LogP contribution in [0.2, 0.25) is 0 Å². The third-order valence-corrected chi connectivity index (χ3v) is 2.93. The highest BCUT2D eigenvalue weighted by Gasteiger charge is 2.42. The maximum atomic E-state index is 12.1. The van der Waals surface area contributed by atoms with Gasteiger partial charge in [0.15, 0.2) is 6.10 Å². The van der Waals surface area contributed by atoms with Crippen molar-refractivity contribution in [3.05, 3.63) is 0 Å². The van der Waals surface area contributed by atoms with E-state index in [0.29, 0.717) is 11.4 Å². The Labute approximate surface area is 86.5 Å². The smallest absolute Gasteiger partial charge is 0.390 e. The van der Waals surface area contributed by atoms with E-state index >= 15 is 0 Å². The average Bonchev–Trinajstić information content (AvgIpc) is 2.17. The quantitative estimate of drug-likeness (QED) is 0.600. The van der Waals surface area contributed by atoms with Crippen LogP contribution in [0.3, 0.4) is 0 Å². The lowest BCUT2D eigenvalue weighted by Crippen LogP contribution is -3.18. The predicted molar refractivity (Wildman–Crippen MR) is 47.5 cm³/mol. The first kappa shape index (κ1) is 12.7. The molecule has 0 aromatic carbocycles. The van der Waals surface area contributed by atoms with Crippen molar-refractivity contribution in [1.29, 1.82) is 0 Å². The highest BCUT2D eigenvalue weighted by molar-refractivity contribution is 4.66. The SMILES string of the molecule is OC[C@H]1CCCC[NH+]1C[C@H](O)C(F)(F)F. The van der Waals surface area contributed by atoms with E-state index < -0.39 is 12.3 Å². The number of alkyl halides is 3. The van der Waals surface area contributed by atoms with Crippen LogP contribution in [0.15, 0.2) is 0 Å². The summed E-state index contributed by atoms with van der Waals surface area (Å²) >= 11 is 0. The van der Waals surface area contributed by atoms with Gasteiger partial charge in [0.05, 0.1) is 13.2 Å². The molecule has 15 heavy (non-hydrogen) atoms. The molecule has 3 N–H and O–H groups in total. The van der Waals surface area contributed by atoms with Crippen LogP contribution in [0.1, 0.15) is 19.3 Å². The Balaban J connectivity index is 2.48. The van der Waals surface area contributed by atoms with Gasteiger partial charge >= 0.3 is 6.18 Å². The van der Waals surface area contributed by atoms with Crippen LogP contribution in [0.4, 0.5) is 13.2 Å². The molecule has 1 aliphatic heterocycles. The lowest BCUT2D eigenvalue weighted by Gasteiger charge is -2.33. The largest absolute Gasteiger partial charge is 0.419 e. The molecule has 1 fully saturated rings. The van der Waals surface area contributed by atoms with Crippen molar-refractivity contribution in [3.8, 4) is 0 Å². The van der Waals surface area contributed by atoms with Gasteiger partial charge in [0, 0.05) is 6.42 Å². The Morgan fingerprint density at radius 3 is 2.53 bits per heavy atom. The van der Waals surface area contributed by atoms with Gasteiger partial charge in [-0.15, -0.1) is 0 Å². The molecule has 1 rings (SSSR count). The van der Waals surface area contributed by atoms with E-state index in [1.54, 1.807) is 0 Å². The predicted octanol–water partition coefficient (Wildman–Crippen LogP) is -0.661. The third kappa shape index (κ3) is 3.62. The van der Waals surface area contributed by atoms with Crippen LogP contribution in [-0.2, 0) is 0 Å². The zero-order valence-corrected chi connectivity index (χ0v) is 8.43. The van der Waals surface area contributed by atoms with Crippen LogP contribution < -0.4 is 4.90 Å². The highest BCUT2D eigenvalue weighted by atomic mass is 19.4. The Kier molecular flexibility index (Phi) is 4.36. The second kappa shape index (κ2) is 5.14. The number of aliphatic hydroxyl groups is 2. The van der Waals surface area contributed by atoms with Gasteiger partial charge in [-0.05, 0) is 12.8 Å². The maximum Gasteiger partial charge on any atom is 0.419 e. The van der Waals surface area contributed by atoms with E-state index in [0.717, 1.165) is 19.3 Å². The van der Waals surface area contributed by atoms with Crippen LogP contribution >= 0.6 is 0 Å². The zero-order valence-electron chi connectivity index (χ0n) is 8.43. The second-order valence-electron chi connectivity index (χ2n) is 4.05. The van der Waals surface area contributed by atoms with Crippen molar-refractivity contribution >= 4 is 0 Å². The fraction of sp³-hybridized carbons (Fsp3) is 1.00. The van der Waals surface area contributed by atoms with Crippen molar-refractivity contribution in [2.45, 2.75) is 37.6 Å². The van der Waals surface area contributed by atoms with E-state index in [2.05, 4.69) is 0 Å². The third-order valence-electron chi connectivity index (χ3n) is 2.93. The molecule has 0 radical (unpaired) electrons. The fourth-order valence-corrected chi connectivity index (χ4v) is 2.00. The van der Waals surface area contributed by atoms with Crippen molar-refractivity contribution < 1.29 is 28.3 Å². The number of rotatable bonds is 3. The molecule has 3 atom stereocenters. The Bertz CT molecular complexity index is 198. The van der Waals surface area contributed by atoms with Gasteiger partial charge in [-0.1, -0.05) is 0 Å². The van der Waals surface area contributed by atoms with E-state index in [-0.39, 0.29) is 19.2 Å². The number of piperidine rings is 1. The first-order chi connectivity index (χ1) is 6.95. The molecule has 1 aliphatic rings. The standard InChI is InChI=1S/C9H16F3NO2/c10-9(11,12)8(15)5-13-4-2-1-3-7(13)6-14/h7-8,14-15H,1-6H2/p+1/t7-,8+/m1/s1. The van der Waals surface area contributed by atoms with Gasteiger partial charge in [0.1, 0.15) is 12.6 Å². The molecular weight excluding hydrogens is 211 g/mol. The molecule has 1 heterocycles. The van der Waals surface area contributed by atoms with E-state index in [1.165, 1.54) is 0 Å². The highest BCUT2D eigenvalue weighted by Crippen LogP contribution is 2.19. The molecule has 1 saturated heterocycles. The number of nitrogens with one attached hydrogen (secondary N) is 1. The maximum absolute atomic E-state index is 12.1. The molecule has 0 aromatic heterocycles. The van der Waals surface area contributed by atoms with Crippen LogP contribution in [0.25, 0.3) is 0 Å². The number of aliphatic hydroxyl groups excluding tert-OH is 2. The van der Waals surface area contributed by atoms with Gasteiger partial charge in [-0.2, -0.15) is 13.2 Å². The van der Waals surface area contributed by atoms with E-state index in [9.17, 15) is 13.2 Å². The first-order valence-corrected chi connectivity index (χ1v) is 5.15. The summed E-state index contributed by atoms with van der Waals surface area (Å²) in [6.45, 7) is 0.132.